The van der Waals surface area contributed by atoms with Crippen LogP contribution in [0, 0.1) is 0 Å². The van der Waals surface area contributed by atoms with Gasteiger partial charge in [-0.2, -0.15) is 0 Å². The number of aromatic hydroxyl groups is 1. The molecule has 124 valence electrons. The van der Waals surface area contributed by atoms with Gasteiger partial charge in [0.2, 0.25) is 0 Å². The molecular formula is C17H18N4O2S. The van der Waals surface area contributed by atoms with Crippen molar-refractivity contribution in [2.24, 2.45) is 5.73 Å². The van der Waals surface area contributed by atoms with Gasteiger partial charge in [0.1, 0.15) is 0 Å². The molecule has 0 saturated heterocycles. The Hall–Kier alpha value is -2.64. The molecule has 2 heterocycles. The van der Waals surface area contributed by atoms with E-state index >= 15 is 0 Å². The average molecular weight is 342 g/mol. The van der Waals surface area contributed by atoms with Crippen LogP contribution in [0.2, 0.25) is 0 Å². The van der Waals surface area contributed by atoms with Crippen LogP contribution in [0.3, 0.4) is 0 Å². The molecule has 0 bridgehead atoms. The van der Waals surface area contributed by atoms with Gasteiger partial charge in [0.05, 0.1) is 17.8 Å². The van der Waals surface area contributed by atoms with Crippen molar-refractivity contribution in [3.05, 3.63) is 70.5 Å². The average Bonchev–Trinajstić information content (AvgIpc) is 3.22. The van der Waals surface area contributed by atoms with E-state index in [0.29, 0.717) is 25.2 Å². The van der Waals surface area contributed by atoms with E-state index in [0.717, 1.165) is 16.8 Å². The van der Waals surface area contributed by atoms with Crippen molar-refractivity contribution in [1.29, 1.82) is 0 Å². The molecule has 3 aromatic rings. The third-order valence-electron chi connectivity index (χ3n) is 3.61. The highest BCUT2D eigenvalue weighted by Crippen LogP contribution is 2.16. The number of rotatable bonds is 6. The molecule has 0 aliphatic rings. The number of thiazole rings is 1. The minimum Gasteiger partial charge on any atom is -0.486 e. The first kappa shape index (κ1) is 16.2. The number of carbonyl (C=O) groups is 1. The van der Waals surface area contributed by atoms with E-state index in [1.165, 1.54) is 11.3 Å². The molecule has 0 atom stereocenters. The number of nitrogens with one attached hydrogen (secondary N) is 1. The number of aromatic nitrogens is 2. The molecule has 0 fully saturated rings. The molecular weight excluding hydrogens is 324 g/mol. The predicted octanol–water partition coefficient (Wildman–Crippen LogP) is 2.09. The largest absolute Gasteiger partial charge is 0.486 e. The Morgan fingerprint density at radius 2 is 2.00 bits per heavy atom. The summed E-state index contributed by atoms with van der Waals surface area (Å²) in [5.41, 5.74) is 9.01. The third kappa shape index (κ3) is 4.01. The third-order valence-corrected chi connectivity index (χ3v) is 4.30. The van der Waals surface area contributed by atoms with Crippen LogP contribution in [-0.4, -0.2) is 20.6 Å². The molecule has 4 N–H and O–H groups in total. The van der Waals surface area contributed by atoms with Crippen LogP contribution in [0.4, 0.5) is 0 Å². The smallest absolute Gasteiger partial charge is 0.270 e. The maximum absolute atomic E-state index is 12.2. The van der Waals surface area contributed by atoms with Crippen molar-refractivity contribution < 1.29 is 9.90 Å². The number of amides is 1. The van der Waals surface area contributed by atoms with Crippen molar-refractivity contribution in [3.8, 4) is 5.19 Å². The van der Waals surface area contributed by atoms with Crippen LogP contribution >= 0.6 is 11.3 Å². The second-order valence-electron chi connectivity index (χ2n) is 5.40. The quantitative estimate of drug-likeness (QED) is 0.639. The van der Waals surface area contributed by atoms with Gasteiger partial charge >= 0.3 is 0 Å². The maximum atomic E-state index is 12.2. The normalized spacial score (nSPS) is 10.7. The lowest BCUT2D eigenvalue weighted by Gasteiger charge is -2.05. The number of hydrogen-bond donors (Lipinski definition) is 3. The van der Waals surface area contributed by atoms with Crippen molar-refractivity contribution in [1.82, 2.24) is 14.9 Å². The van der Waals surface area contributed by atoms with Gasteiger partial charge in [-0.3, -0.25) is 4.79 Å². The molecule has 2 aromatic heterocycles. The summed E-state index contributed by atoms with van der Waals surface area (Å²) in [4.78, 5) is 16.2. The maximum Gasteiger partial charge on any atom is 0.270 e. The van der Waals surface area contributed by atoms with Crippen LogP contribution < -0.4 is 11.1 Å². The standard InChI is InChI=1S/C17H18N4O2S/c18-7-12-1-3-13(4-2-12)8-19-16(22)14-5-6-21(9-14)10-15-11-24-17(23)20-15/h1-6,9,11H,7-8,10,18H2,(H,19,22)(H,20,23). The van der Waals surface area contributed by atoms with E-state index in [4.69, 9.17) is 5.73 Å². The number of benzene rings is 1. The minimum absolute atomic E-state index is 0.0516. The minimum atomic E-state index is -0.127. The molecule has 0 saturated carbocycles. The Morgan fingerprint density at radius 3 is 2.67 bits per heavy atom. The fourth-order valence-corrected chi connectivity index (χ4v) is 2.85. The summed E-state index contributed by atoms with van der Waals surface area (Å²) in [7, 11) is 0. The van der Waals surface area contributed by atoms with Gasteiger partial charge in [-0.05, 0) is 17.2 Å². The Morgan fingerprint density at radius 1 is 1.25 bits per heavy atom. The zero-order valence-corrected chi connectivity index (χ0v) is 13.8. The van der Waals surface area contributed by atoms with Crippen molar-refractivity contribution in [2.45, 2.75) is 19.6 Å². The summed E-state index contributed by atoms with van der Waals surface area (Å²) in [6.45, 7) is 1.50. The van der Waals surface area contributed by atoms with Gasteiger partial charge in [-0.15, -0.1) is 0 Å². The first-order chi connectivity index (χ1) is 11.6. The zero-order valence-electron chi connectivity index (χ0n) is 13.0. The molecule has 1 aromatic carbocycles. The summed E-state index contributed by atoms with van der Waals surface area (Å²) >= 11 is 1.19. The van der Waals surface area contributed by atoms with Crippen molar-refractivity contribution >= 4 is 17.2 Å². The highest BCUT2D eigenvalue weighted by Gasteiger charge is 2.08. The van der Waals surface area contributed by atoms with E-state index in [2.05, 4.69) is 10.3 Å². The van der Waals surface area contributed by atoms with Crippen LogP contribution in [-0.2, 0) is 19.6 Å². The van der Waals surface area contributed by atoms with Crippen molar-refractivity contribution in [2.75, 3.05) is 0 Å². The van der Waals surface area contributed by atoms with Gasteiger partial charge in [0, 0.05) is 30.9 Å². The highest BCUT2D eigenvalue weighted by molar-refractivity contribution is 7.11. The van der Waals surface area contributed by atoms with Gasteiger partial charge in [-0.25, -0.2) is 4.98 Å². The molecule has 1 amide bonds. The van der Waals surface area contributed by atoms with E-state index < -0.39 is 0 Å². The lowest BCUT2D eigenvalue weighted by molar-refractivity contribution is 0.0951. The molecule has 7 heteroatoms. The van der Waals surface area contributed by atoms with Crippen LogP contribution in [0.15, 0.2) is 48.1 Å². The SMILES string of the molecule is NCc1ccc(CNC(=O)c2ccn(Cc3csc(O)n3)c2)cc1. The summed E-state index contributed by atoms with van der Waals surface area (Å²) < 4.78 is 1.86. The zero-order chi connectivity index (χ0) is 16.9. The first-order valence-corrected chi connectivity index (χ1v) is 8.37. The van der Waals surface area contributed by atoms with E-state index in [1.54, 1.807) is 17.6 Å². The molecule has 6 nitrogen and oxygen atoms in total. The second kappa shape index (κ2) is 7.29. The Kier molecular flexibility index (Phi) is 4.93. The Bertz CT molecular complexity index is 823. The van der Waals surface area contributed by atoms with Gasteiger partial charge < -0.3 is 20.7 Å². The lowest BCUT2D eigenvalue weighted by Crippen LogP contribution is -2.22. The number of hydrogen-bond acceptors (Lipinski definition) is 5. The number of carbonyl (C=O) groups excluding carboxylic acids is 1. The number of nitrogens with two attached hydrogens (primary N) is 1. The van der Waals surface area contributed by atoms with E-state index in [9.17, 15) is 9.90 Å². The van der Waals surface area contributed by atoms with Gasteiger partial charge in [0.15, 0.2) is 0 Å². The molecule has 0 aliphatic heterocycles. The summed E-state index contributed by atoms with van der Waals surface area (Å²) in [5, 5.41) is 14.0. The van der Waals surface area contributed by atoms with Crippen LogP contribution in [0.1, 0.15) is 27.2 Å². The summed E-state index contributed by atoms with van der Waals surface area (Å²) in [5.74, 6) is -0.127. The van der Waals surface area contributed by atoms with E-state index in [1.807, 2.05) is 35.0 Å². The lowest BCUT2D eigenvalue weighted by atomic mass is 10.1. The second-order valence-corrected chi connectivity index (χ2v) is 6.23. The van der Waals surface area contributed by atoms with Gasteiger partial charge in [0.25, 0.3) is 11.1 Å². The predicted molar refractivity (Wildman–Crippen MR) is 92.8 cm³/mol. The van der Waals surface area contributed by atoms with Crippen molar-refractivity contribution in [3.63, 3.8) is 0 Å². The molecule has 24 heavy (non-hydrogen) atoms. The molecule has 0 aliphatic carbocycles. The fraction of sp³-hybridized carbons (Fsp3) is 0.176. The summed E-state index contributed by atoms with van der Waals surface area (Å²) in [6.07, 6.45) is 3.59. The number of nitrogens with zero attached hydrogens (tertiary/aromatic N) is 2. The Balaban J connectivity index is 1.56. The Labute approximate surface area is 143 Å². The topological polar surface area (TPSA) is 93.2 Å². The fourth-order valence-electron chi connectivity index (χ4n) is 2.31. The molecule has 0 spiro atoms. The van der Waals surface area contributed by atoms with E-state index in [-0.39, 0.29) is 11.1 Å². The van der Waals surface area contributed by atoms with Crippen LogP contribution in [0.5, 0.6) is 5.19 Å². The van der Waals surface area contributed by atoms with Crippen LogP contribution in [0.25, 0.3) is 0 Å². The van der Waals surface area contributed by atoms with Gasteiger partial charge in [-0.1, -0.05) is 35.6 Å². The monoisotopic (exact) mass is 342 g/mol. The first-order valence-electron chi connectivity index (χ1n) is 7.49. The molecule has 3 rings (SSSR count). The summed E-state index contributed by atoms with van der Waals surface area (Å²) in [6, 6.07) is 9.60. The highest BCUT2D eigenvalue weighted by atomic mass is 32.1. The molecule has 0 radical (unpaired) electrons. The molecule has 0 unspecified atom stereocenters.